The van der Waals surface area contributed by atoms with Crippen molar-refractivity contribution in [3.63, 3.8) is 0 Å². The minimum Gasteiger partial charge on any atom is -0.368 e. The highest BCUT2D eigenvalue weighted by molar-refractivity contribution is 5.87. The Balaban J connectivity index is 1.32. The Bertz CT molecular complexity index is 515. The van der Waals surface area contributed by atoms with Gasteiger partial charge in [-0.2, -0.15) is 0 Å². The number of hydrogen-bond acceptors (Lipinski definition) is 3. The molecular weight excluding hydrogens is 304 g/mol. The molecule has 134 valence electrons. The van der Waals surface area contributed by atoms with E-state index in [0.29, 0.717) is 50.5 Å². The number of carbonyl (C=O) groups excluding carboxylic acids is 2. The fourth-order valence-electron chi connectivity index (χ4n) is 5.22. The molecule has 2 aliphatic carbocycles. The van der Waals surface area contributed by atoms with Crippen LogP contribution in [0.3, 0.4) is 0 Å². The molecule has 2 amide bonds. The van der Waals surface area contributed by atoms with Gasteiger partial charge in [0.15, 0.2) is 0 Å². The highest BCUT2D eigenvalue weighted by atomic mass is 16.5. The molecular formula is C19H30N2O3. The predicted molar refractivity (Wildman–Crippen MR) is 90.3 cm³/mol. The van der Waals surface area contributed by atoms with Crippen LogP contribution in [0.5, 0.6) is 0 Å². The number of ether oxygens (including phenoxy) is 1. The molecule has 0 aromatic carbocycles. The van der Waals surface area contributed by atoms with Crippen molar-refractivity contribution in [1.29, 1.82) is 0 Å². The Labute approximate surface area is 144 Å². The van der Waals surface area contributed by atoms with Crippen molar-refractivity contribution in [2.45, 2.75) is 58.0 Å². The minimum atomic E-state index is -0.248. The van der Waals surface area contributed by atoms with E-state index in [-0.39, 0.29) is 17.4 Å². The summed E-state index contributed by atoms with van der Waals surface area (Å²) in [4.78, 5) is 29.6. The van der Waals surface area contributed by atoms with Crippen LogP contribution < -0.4 is 0 Å². The fraction of sp³-hybridized carbons (Fsp3) is 0.895. The first-order valence-corrected chi connectivity index (χ1v) is 9.85. The van der Waals surface area contributed by atoms with Gasteiger partial charge >= 0.3 is 0 Å². The third-order valence-corrected chi connectivity index (χ3v) is 6.94. The number of amides is 2. The molecule has 0 aromatic rings. The van der Waals surface area contributed by atoms with Gasteiger partial charge in [-0.3, -0.25) is 9.59 Å². The number of nitrogens with zero attached hydrogens (tertiary/aromatic N) is 2. The molecule has 4 fully saturated rings. The van der Waals surface area contributed by atoms with Crippen molar-refractivity contribution in [2.75, 3.05) is 32.8 Å². The van der Waals surface area contributed by atoms with Crippen LogP contribution in [0.4, 0.5) is 0 Å². The first-order valence-electron chi connectivity index (χ1n) is 9.85. The molecule has 0 bridgehead atoms. The Morgan fingerprint density at radius 2 is 1.83 bits per heavy atom. The van der Waals surface area contributed by atoms with Crippen molar-refractivity contribution in [1.82, 2.24) is 9.80 Å². The summed E-state index contributed by atoms with van der Waals surface area (Å²) in [6.07, 6.45) is 7.68. The number of piperazine rings is 1. The lowest BCUT2D eigenvalue weighted by Gasteiger charge is -2.38. The smallest absolute Gasteiger partial charge is 0.252 e. The second-order valence-corrected chi connectivity index (χ2v) is 8.17. The summed E-state index contributed by atoms with van der Waals surface area (Å²) in [6.45, 7) is 5.57. The van der Waals surface area contributed by atoms with Crippen LogP contribution in [-0.4, -0.2) is 60.5 Å². The van der Waals surface area contributed by atoms with E-state index in [0.717, 1.165) is 25.7 Å². The van der Waals surface area contributed by atoms with E-state index in [2.05, 4.69) is 6.92 Å². The minimum absolute atomic E-state index is 0.00764. The average Bonchev–Trinajstić information content (AvgIpc) is 3.20. The summed E-state index contributed by atoms with van der Waals surface area (Å²) in [5.41, 5.74) is -0.00764. The zero-order chi connectivity index (χ0) is 16.7. The highest BCUT2D eigenvalue weighted by Gasteiger charge is 2.61. The van der Waals surface area contributed by atoms with Gasteiger partial charge in [-0.25, -0.2) is 0 Å². The molecule has 2 aliphatic heterocycles. The summed E-state index contributed by atoms with van der Waals surface area (Å²) in [7, 11) is 0. The Hall–Kier alpha value is -1.10. The Kier molecular flexibility index (Phi) is 4.31. The molecule has 0 aromatic heterocycles. The summed E-state index contributed by atoms with van der Waals surface area (Å²) in [5.74, 6) is 1.54. The molecule has 2 unspecified atom stereocenters. The van der Waals surface area contributed by atoms with Gasteiger partial charge < -0.3 is 14.5 Å². The van der Waals surface area contributed by atoms with E-state index in [1.165, 1.54) is 19.3 Å². The largest absolute Gasteiger partial charge is 0.368 e. The van der Waals surface area contributed by atoms with Gasteiger partial charge in [0.1, 0.15) is 6.10 Å². The van der Waals surface area contributed by atoms with E-state index >= 15 is 0 Å². The maximum Gasteiger partial charge on any atom is 0.252 e. The summed E-state index contributed by atoms with van der Waals surface area (Å²) in [6, 6.07) is 0. The Morgan fingerprint density at radius 1 is 1.08 bits per heavy atom. The lowest BCUT2D eigenvalue weighted by atomic mass is 9.87. The molecule has 0 spiro atoms. The Morgan fingerprint density at radius 3 is 2.54 bits per heavy atom. The molecule has 5 heteroatoms. The maximum absolute atomic E-state index is 12.9. The molecule has 2 saturated carbocycles. The zero-order valence-electron chi connectivity index (χ0n) is 14.8. The van der Waals surface area contributed by atoms with E-state index in [1.807, 2.05) is 9.80 Å². The van der Waals surface area contributed by atoms with E-state index in [1.54, 1.807) is 0 Å². The van der Waals surface area contributed by atoms with Crippen LogP contribution in [0, 0.1) is 17.3 Å². The van der Waals surface area contributed by atoms with Crippen LogP contribution in [0.1, 0.15) is 51.9 Å². The second kappa shape index (κ2) is 6.32. The molecule has 0 radical (unpaired) electrons. The number of fused-ring (bicyclic) bond motifs is 1. The normalized spacial score (nSPS) is 38.8. The lowest BCUT2D eigenvalue weighted by Crippen LogP contribution is -2.55. The molecule has 5 nitrogen and oxygen atoms in total. The van der Waals surface area contributed by atoms with Crippen LogP contribution in [0.15, 0.2) is 0 Å². The van der Waals surface area contributed by atoms with E-state index in [4.69, 9.17) is 4.74 Å². The molecule has 4 rings (SSSR count). The molecule has 0 N–H and O–H groups in total. The first-order chi connectivity index (χ1) is 11.7. The zero-order valence-corrected chi connectivity index (χ0v) is 14.8. The van der Waals surface area contributed by atoms with E-state index in [9.17, 15) is 9.59 Å². The maximum atomic E-state index is 12.9. The molecule has 2 heterocycles. The third-order valence-electron chi connectivity index (χ3n) is 6.94. The molecule has 2 saturated heterocycles. The van der Waals surface area contributed by atoms with Gasteiger partial charge in [-0.05, 0) is 37.5 Å². The monoisotopic (exact) mass is 334 g/mol. The van der Waals surface area contributed by atoms with Gasteiger partial charge in [-0.15, -0.1) is 0 Å². The standard InChI is InChI=1S/C19H30N2O3/c1-2-14-6-12-24-16(14)17(22)20-8-10-21(11-9-20)18(23)19-7-4-3-5-15(19)13-19/h14-16H,2-13H2,1H3/t14-,15?,16+,19?/m1/s1. The van der Waals surface area contributed by atoms with E-state index < -0.39 is 0 Å². The van der Waals surface area contributed by atoms with Crippen molar-refractivity contribution in [3.05, 3.63) is 0 Å². The number of carbonyl (C=O) groups is 2. The summed E-state index contributed by atoms with van der Waals surface area (Å²) in [5, 5.41) is 0. The lowest BCUT2D eigenvalue weighted by molar-refractivity contribution is -0.149. The van der Waals surface area contributed by atoms with Gasteiger partial charge in [-0.1, -0.05) is 26.2 Å². The summed E-state index contributed by atoms with van der Waals surface area (Å²) >= 11 is 0. The third kappa shape index (κ3) is 2.65. The van der Waals surface area contributed by atoms with Crippen LogP contribution in [0.25, 0.3) is 0 Å². The fourth-order valence-corrected chi connectivity index (χ4v) is 5.22. The first kappa shape index (κ1) is 16.4. The number of rotatable bonds is 3. The van der Waals surface area contributed by atoms with Crippen molar-refractivity contribution < 1.29 is 14.3 Å². The van der Waals surface area contributed by atoms with Crippen LogP contribution in [-0.2, 0) is 14.3 Å². The molecule has 4 atom stereocenters. The van der Waals surface area contributed by atoms with Gasteiger partial charge in [0.2, 0.25) is 5.91 Å². The van der Waals surface area contributed by atoms with Gasteiger partial charge in [0.05, 0.1) is 5.41 Å². The van der Waals surface area contributed by atoms with Gasteiger partial charge in [0, 0.05) is 32.8 Å². The van der Waals surface area contributed by atoms with Crippen LogP contribution in [0.2, 0.25) is 0 Å². The average molecular weight is 334 g/mol. The SMILES string of the molecule is CC[C@@H]1CCO[C@@H]1C(=O)N1CCN(C(=O)C23CCCCC2C3)CC1. The number of hydrogen-bond donors (Lipinski definition) is 0. The van der Waals surface area contributed by atoms with Crippen LogP contribution >= 0.6 is 0 Å². The second-order valence-electron chi connectivity index (χ2n) is 8.17. The molecule has 24 heavy (non-hydrogen) atoms. The molecule has 4 aliphatic rings. The van der Waals surface area contributed by atoms with Crippen molar-refractivity contribution >= 4 is 11.8 Å². The highest BCUT2D eigenvalue weighted by Crippen LogP contribution is 2.62. The quantitative estimate of drug-likeness (QED) is 0.794. The topological polar surface area (TPSA) is 49.9 Å². The summed E-state index contributed by atoms with van der Waals surface area (Å²) < 4.78 is 5.69. The van der Waals surface area contributed by atoms with Gasteiger partial charge in [0.25, 0.3) is 5.91 Å². The van der Waals surface area contributed by atoms with Crippen molar-refractivity contribution in [2.24, 2.45) is 17.3 Å². The van der Waals surface area contributed by atoms with Crippen molar-refractivity contribution in [3.8, 4) is 0 Å². The predicted octanol–water partition coefficient (Wildman–Crippen LogP) is 2.05.